The van der Waals surface area contributed by atoms with Crippen LogP contribution in [0.3, 0.4) is 0 Å². The molecule has 0 aromatic rings. The normalized spacial score (nSPS) is 11.4. The van der Waals surface area contributed by atoms with Gasteiger partial charge in [0.2, 0.25) is 5.91 Å². The summed E-state index contributed by atoms with van der Waals surface area (Å²) in [7, 11) is 2.03. The minimum atomic E-state index is -0.129. The second kappa shape index (κ2) is 77.5. The number of hydrogen-bond donors (Lipinski definition) is 3. The molecule has 0 unspecified atom stereocenters. The topological polar surface area (TPSA) is 279 Å². The number of hydrogen-bond acceptors (Lipinski definition) is 23. The van der Waals surface area contributed by atoms with Crippen molar-refractivity contribution in [2.45, 2.75) is 228 Å². The average Bonchev–Trinajstić information content (AvgIpc) is 3.75. The van der Waals surface area contributed by atoms with Crippen LogP contribution in [-0.4, -0.2) is 267 Å². The molecule has 24 nitrogen and oxygen atoms in total. The lowest BCUT2D eigenvalue weighted by Gasteiger charge is -2.17. The van der Waals surface area contributed by atoms with Gasteiger partial charge < -0.3 is 82.4 Å². The molecule has 0 aliphatic carbocycles. The van der Waals surface area contributed by atoms with E-state index >= 15 is 0 Å². The highest BCUT2D eigenvalue weighted by Gasteiger charge is 2.12. The first-order valence-corrected chi connectivity index (χ1v) is 36.8. The van der Waals surface area contributed by atoms with Crippen LogP contribution in [0.1, 0.15) is 192 Å². The first kappa shape index (κ1) is 107. The van der Waals surface area contributed by atoms with E-state index in [0.29, 0.717) is 98.0 Å². The Hall–Kier alpha value is -3.15. The third-order valence-corrected chi connectivity index (χ3v) is 12.9. The highest BCUT2D eigenvalue weighted by atomic mass is 16.6. The number of Topliss-reactive ketones (excluding diaryl/α,β-unsaturated/α-hetero) is 6. The molecule has 99 heavy (non-hydrogen) atoms. The highest BCUT2D eigenvalue weighted by molar-refractivity contribution is 5.83. The maximum absolute atomic E-state index is 11.3. The van der Waals surface area contributed by atoms with Crippen molar-refractivity contribution in [2.75, 3.05) is 185 Å². The Balaban J connectivity index is -0.000000263. The van der Waals surface area contributed by atoms with Crippen molar-refractivity contribution in [3.63, 3.8) is 0 Å². The van der Waals surface area contributed by atoms with E-state index < -0.39 is 0 Å². The number of ether oxygens (including phenoxy) is 13. The number of carbonyl (C=O) groups excluding carboxylic acids is 7. The van der Waals surface area contributed by atoms with E-state index in [4.69, 9.17) is 61.6 Å². The summed E-state index contributed by atoms with van der Waals surface area (Å²) < 4.78 is 68.6. The van der Waals surface area contributed by atoms with Crippen molar-refractivity contribution in [3.05, 3.63) is 0 Å². The van der Waals surface area contributed by atoms with E-state index in [1.165, 1.54) is 0 Å². The average molecular weight is 1430 g/mol. The minimum absolute atomic E-state index is 0.00121. The second-order valence-electron chi connectivity index (χ2n) is 27.3. The number of ketones is 6. The largest absolute Gasteiger partial charge is 0.379 e. The number of unbranched alkanes of at least 4 members (excludes halogenated alkanes) is 2. The molecular formula is C75H152N4O20. The number of likely N-dealkylation sites (N-methyl/N-ethyl adjacent to an activating group) is 1. The molecule has 0 aliphatic rings. The molecule has 0 saturated heterocycles. The van der Waals surface area contributed by atoms with Crippen molar-refractivity contribution in [1.82, 2.24) is 20.9 Å². The molecular weight excluding hydrogens is 1280 g/mol. The van der Waals surface area contributed by atoms with Gasteiger partial charge in [-0.15, -0.1) is 0 Å². The summed E-state index contributed by atoms with van der Waals surface area (Å²) in [5.74, 6) is 1.11. The number of rotatable bonds is 60. The van der Waals surface area contributed by atoms with Crippen molar-refractivity contribution < 1.29 is 95.1 Å². The minimum Gasteiger partial charge on any atom is -0.379 e. The van der Waals surface area contributed by atoms with Gasteiger partial charge in [0.15, 0.2) is 34.7 Å². The molecule has 0 fully saturated rings. The zero-order valence-electron chi connectivity index (χ0n) is 67.5. The number of carbonyl (C=O) groups is 7. The van der Waals surface area contributed by atoms with Gasteiger partial charge in [-0.25, -0.2) is 0 Å². The number of nitrogens with one attached hydrogen (secondary N) is 3. The van der Waals surface area contributed by atoms with Crippen molar-refractivity contribution in [3.8, 4) is 0 Å². The third-order valence-electron chi connectivity index (χ3n) is 12.9. The van der Waals surface area contributed by atoms with Crippen LogP contribution in [0.5, 0.6) is 0 Å². The van der Waals surface area contributed by atoms with Crippen LogP contribution in [0.4, 0.5) is 0 Å². The molecule has 0 atom stereocenters. The SMILES string of the molecule is CC(C)NC(=O)COCCOCCOCC(=O)C(C)C.CC(C)NCCCCOCC(=O)C(C)C.CC(C)OCCCCOCC(=O)C(C)C.CC(C)OCCN(C)CCOCC(=O)C(C)C.CC(C)OCCNCCOCC(=O)C(C)C.CC(C)OCCOCCOCC(=O)C(C)C. The molecule has 0 bridgehead atoms. The monoisotopic (exact) mass is 1430 g/mol. The Morgan fingerprint density at radius 3 is 0.929 bits per heavy atom. The van der Waals surface area contributed by atoms with Gasteiger partial charge in [0.05, 0.1) is 104 Å². The van der Waals surface area contributed by atoms with E-state index in [2.05, 4.69) is 34.7 Å². The lowest BCUT2D eigenvalue weighted by molar-refractivity contribution is -0.128. The second-order valence-corrected chi connectivity index (χ2v) is 27.3. The maximum atomic E-state index is 11.3. The molecule has 1 amide bonds. The smallest absolute Gasteiger partial charge is 0.246 e. The highest BCUT2D eigenvalue weighted by Crippen LogP contribution is 2.02. The summed E-state index contributed by atoms with van der Waals surface area (Å²) >= 11 is 0. The molecule has 0 aromatic heterocycles. The lowest BCUT2D eigenvalue weighted by Crippen LogP contribution is -2.33. The fraction of sp³-hybridized carbons (Fsp3) is 0.907. The summed E-state index contributed by atoms with van der Waals surface area (Å²) in [4.78, 5) is 80.6. The van der Waals surface area contributed by atoms with Gasteiger partial charge in [-0.2, -0.15) is 0 Å². The van der Waals surface area contributed by atoms with Crippen LogP contribution >= 0.6 is 0 Å². The van der Waals surface area contributed by atoms with Crippen molar-refractivity contribution in [1.29, 1.82) is 0 Å². The van der Waals surface area contributed by atoms with Crippen molar-refractivity contribution >= 4 is 40.6 Å². The number of amides is 1. The van der Waals surface area contributed by atoms with E-state index in [-0.39, 0.29) is 147 Å². The quantitative estimate of drug-likeness (QED) is 0.0478. The summed E-state index contributed by atoms with van der Waals surface area (Å²) in [5, 5.41) is 9.25. The molecule has 0 saturated carbocycles. The fourth-order valence-corrected chi connectivity index (χ4v) is 6.22. The molecule has 3 N–H and O–H groups in total. The fourth-order valence-electron chi connectivity index (χ4n) is 6.22. The van der Waals surface area contributed by atoms with Crippen LogP contribution in [-0.2, 0) is 95.1 Å². The summed E-state index contributed by atoms with van der Waals surface area (Å²) in [6.07, 6.45) is 5.17. The van der Waals surface area contributed by atoms with Crippen molar-refractivity contribution in [2.24, 2.45) is 35.5 Å². The van der Waals surface area contributed by atoms with Crippen LogP contribution in [0.15, 0.2) is 0 Å². The summed E-state index contributed by atoms with van der Waals surface area (Å²) in [5.41, 5.74) is 0. The summed E-state index contributed by atoms with van der Waals surface area (Å²) in [6.45, 7) is 60.8. The zero-order valence-corrected chi connectivity index (χ0v) is 67.5. The molecule has 0 aromatic carbocycles. The van der Waals surface area contributed by atoms with E-state index in [1.807, 2.05) is 159 Å². The van der Waals surface area contributed by atoms with E-state index in [0.717, 1.165) is 71.6 Å². The Morgan fingerprint density at radius 1 is 0.273 bits per heavy atom. The van der Waals surface area contributed by atoms with Crippen LogP contribution in [0.2, 0.25) is 0 Å². The lowest BCUT2D eigenvalue weighted by atomic mass is 10.1. The summed E-state index contributed by atoms with van der Waals surface area (Å²) in [6, 6.07) is 0.668. The standard InChI is InChI=1S/C14H27NO5.C13H27NO3.C12H25NO3.C12H25NO2.C12H24O4.C12H24O3/c1-11(2)13(16)9-19-7-5-18-6-8-20-10-14(17)15-12(3)4;1-11(2)13(15)10-16-8-6-14(5)7-9-17-12(3)4;1-10(2)12(14)9-15-7-5-13-6-8-16-11(3)4;1-10(2)12(14)9-15-8-6-5-7-13-11(3)4;1-10(2)12(13)9-15-6-5-14-7-8-16-11(3)4;1-10(2)12(13)9-14-7-5-6-8-15-11(3)4/h11-12H,5-10H2,1-4H3,(H,15,17);11-12H,6-10H2,1-5H3;10-11,13H,5-9H2,1-4H3;10-11,13H,5-9H2,1-4H3;10-11H,5-9H2,1-4H3;10-11H,5-9H2,1-4H3. The Labute approximate surface area is 603 Å². The van der Waals surface area contributed by atoms with Crippen LogP contribution < -0.4 is 16.0 Å². The van der Waals surface area contributed by atoms with E-state index in [1.54, 1.807) is 0 Å². The molecule has 0 heterocycles. The van der Waals surface area contributed by atoms with Gasteiger partial charge >= 0.3 is 0 Å². The van der Waals surface area contributed by atoms with Crippen LogP contribution in [0, 0.1) is 35.5 Å². The molecule has 0 radical (unpaired) electrons. The molecule has 0 aliphatic heterocycles. The first-order valence-electron chi connectivity index (χ1n) is 36.8. The van der Waals surface area contributed by atoms with Gasteiger partial charge in [0.1, 0.15) is 46.2 Å². The van der Waals surface area contributed by atoms with Gasteiger partial charge in [0, 0.05) is 93.6 Å². The third kappa shape index (κ3) is 96.9. The zero-order chi connectivity index (χ0) is 76.8. The number of nitrogens with zero attached hydrogens (tertiary/aromatic N) is 1. The van der Waals surface area contributed by atoms with Gasteiger partial charge in [0.25, 0.3) is 0 Å². The van der Waals surface area contributed by atoms with Crippen LogP contribution in [0.25, 0.3) is 0 Å². The molecule has 24 heteroatoms. The predicted molar refractivity (Wildman–Crippen MR) is 396 cm³/mol. The van der Waals surface area contributed by atoms with Gasteiger partial charge in [-0.3, -0.25) is 33.6 Å². The maximum Gasteiger partial charge on any atom is 0.246 e. The molecule has 0 rings (SSSR count). The Bertz CT molecular complexity index is 1760. The Kier molecular flexibility index (Phi) is 83.6. The Morgan fingerprint density at radius 2 is 0.556 bits per heavy atom. The predicted octanol–water partition coefficient (Wildman–Crippen LogP) is 9.72. The van der Waals surface area contributed by atoms with E-state index in [9.17, 15) is 33.6 Å². The van der Waals surface area contributed by atoms with Gasteiger partial charge in [-0.1, -0.05) is 96.9 Å². The van der Waals surface area contributed by atoms with Gasteiger partial charge in [-0.05, 0) is 109 Å². The molecule has 592 valence electrons. The first-order chi connectivity index (χ1) is 46.5. The molecule has 0 spiro atoms.